The van der Waals surface area contributed by atoms with Crippen molar-refractivity contribution < 1.29 is 9.90 Å². The van der Waals surface area contributed by atoms with Crippen LogP contribution < -0.4 is 5.32 Å². The Morgan fingerprint density at radius 2 is 2.28 bits per heavy atom. The predicted molar refractivity (Wildman–Crippen MR) is 64.6 cm³/mol. The van der Waals surface area contributed by atoms with Crippen LogP contribution in [0.3, 0.4) is 0 Å². The molecule has 0 fully saturated rings. The first-order valence-corrected chi connectivity index (χ1v) is 5.41. The molecule has 2 rings (SSSR count). The van der Waals surface area contributed by atoms with Crippen LogP contribution in [0.15, 0.2) is 24.5 Å². The molecular formula is C11H13N5O2. The molecule has 18 heavy (non-hydrogen) atoms. The third-order valence-electron chi connectivity index (χ3n) is 2.58. The zero-order valence-corrected chi connectivity index (χ0v) is 10.0. The number of aliphatic carboxylic acids is 1. The van der Waals surface area contributed by atoms with Crippen molar-refractivity contribution >= 4 is 11.7 Å². The largest absolute Gasteiger partial charge is 0.480 e. The molecule has 0 saturated carbocycles. The topological polar surface area (TPSA) is 92.9 Å². The first kappa shape index (κ1) is 12.0. The van der Waals surface area contributed by atoms with E-state index in [2.05, 4.69) is 20.8 Å². The van der Waals surface area contributed by atoms with Crippen molar-refractivity contribution in [3.63, 3.8) is 0 Å². The highest BCUT2D eigenvalue weighted by Gasteiger charge is 2.12. The molecule has 1 aromatic carbocycles. The van der Waals surface area contributed by atoms with E-state index in [0.717, 1.165) is 16.9 Å². The van der Waals surface area contributed by atoms with Crippen molar-refractivity contribution in [1.82, 2.24) is 20.2 Å². The van der Waals surface area contributed by atoms with Crippen molar-refractivity contribution in [2.75, 3.05) is 5.32 Å². The number of nitrogens with zero attached hydrogens (tertiary/aromatic N) is 4. The van der Waals surface area contributed by atoms with Crippen LogP contribution in [-0.2, 0) is 4.79 Å². The van der Waals surface area contributed by atoms with Crippen LogP contribution in [0, 0.1) is 6.92 Å². The normalized spacial score (nSPS) is 12.1. The van der Waals surface area contributed by atoms with Crippen LogP contribution in [0.1, 0.15) is 12.5 Å². The number of carboxylic acid groups (broad SMARTS) is 1. The smallest absolute Gasteiger partial charge is 0.325 e. The first-order chi connectivity index (χ1) is 8.58. The summed E-state index contributed by atoms with van der Waals surface area (Å²) in [5.74, 6) is -0.901. The minimum atomic E-state index is -0.901. The van der Waals surface area contributed by atoms with Gasteiger partial charge in [0.1, 0.15) is 12.4 Å². The summed E-state index contributed by atoms with van der Waals surface area (Å²) in [6.45, 7) is 3.49. The van der Waals surface area contributed by atoms with Crippen LogP contribution >= 0.6 is 0 Å². The second kappa shape index (κ2) is 4.82. The molecule has 2 N–H and O–H groups in total. The van der Waals surface area contributed by atoms with Gasteiger partial charge in [0, 0.05) is 5.69 Å². The number of rotatable bonds is 4. The Balaban J connectivity index is 2.30. The summed E-state index contributed by atoms with van der Waals surface area (Å²) in [4.78, 5) is 10.8. The molecule has 1 aromatic heterocycles. The fourth-order valence-corrected chi connectivity index (χ4v) is 1.48. The van der Waals surface area contributed by atoms with Crippen molar-refractivity contribution in [3.05, 3.63) is 30.1 Å². The highest BCUT2D eigenvalue weighted by Crippen LogP contribution is 2.19. The van der Waals surface area contributed by atoms with Crippen LogP contribution in [0.2, 0.25) is 0 Å². The number of benzene rings is 1. The van der Waals surface area contributed by atoms with E-state index in [4.69, 9.17) is 5.11 Å². The molecule has 1 unspecified atom stereocenters. The Kier molecular flexibility index (Phi) is 3.22. The zero-order chi connectivity index (χ0) is 13.1. The van der Waals surface area contributed by atoms with Crippen molar-refractivity contribution in [3.8, 4) is 5.69 Å². The van der Waals surface area contributed by atoms with E-state index in [1.54, 1.807) is 6.92 Å². The zero-order valence-electron chi connectivity index (χ0n) is 10.0. The van der Waals surface area contributed by atoms with Gasteiger partial charge >= 0.3 is 5.97 Å². The van der Waals surface area contributed by atoms with E-state index in [9.17, 15) is 4.79 Å². The highest BCUT2D eigenvalue weighted by atomic mass is 16.4. The lowest BCUT2D eigenvalue weighted by atomic mass is 10.1. The molecule has 94 valence electrons. The molecule has 0 bridgehead atoms. The number of nitrogens with one attached hydrogen (secondary N) is 1. The van der Waals surface area contributed by atoms with Crippen molar-refractivity contribution in [2.24, 2.45) is 0 Å². The first-order valence-electron chi connectivity index (χ1n) is 5.41. The number of anilines is 1. The number of hydrogen-bond donors (Lipinski definition) is 2. The number of carbonyl (C=O) groups is 1. The molecule has 0 saturated heterocycles. The van der Waals surface area contributed by atoms with Crippen LogP contribution in [0.5, 0.6) is 0 Å². The molecule has 7 nitrogen and oxygen atoms in total. The number of aromatic nitrogens is 4. The molecule has 0 spiro atoms. The molecule has 2 aromatic rings. The van der Waals surface area contributed by atoms with E-state index < -0.39 is 12.0 Å². The predicted octanol–water partition coefficient (Wildman–Crippen LogP) is 0.856. The van der Waals surface area contributed by atoms with E-state index in [1.165, 1.54) is 11.0 Å². The number of aryl methyl sites for hydroxylation is 1. The van der Waals surface area contributed by atoms with Crippen molar-refractivity contribution in [2.45, 2.75) is 19.9 Å². The van der Waals surface area contributed by atoms with E-state index in [-0.39, 0.29) is 0 Å². The van der Waals surface area contributed by atoms with Gasteiger partial charge in [0.2, 0.25) is 0 Å². The van der Waals surface area contributed by atoms with Gasteiger partial charge in [-0.2, -0.15) is 0 Å². The maximum Gasteiger partial charge on any atom is 0.325 e. The van der Waals surface area contributed by atoms with E-state index in [1.807, 2.05) is 25.1 Å². The Morgan fingerprint density at radius 3 is 2.89 bits per heavy atom. The lowest BCUT2D eigenvalue weighted by molar-refractivity contribution is -0.137. The Bertz CT molecular complexity index is 553. The summed E-state index contributed by atoms with van der Waals surface area (Å²) in [6, 6.07) is 4.90. The number of tetrazole rings is 1. The average molecular weight is 247 g/mol. The SMILES string of the molecule is Cc1ccc(-n2cnnn2)cc1NC(C)C(=O)O. The second-order valence-electron chi connectivity index (χ2n) is 3.96. The molecule has 0 aliphatic rings. The maximum atomic E-state index is 10.8. The molecule has 7 heteroatoms. The molecular weight excluding hydrogens is 234 g/mol. The van der Waals surface area contributed by atoms with Gasteiger partial charge in [-0.05, 0) is 42.0 Å². The van der Waals surface area contributed by atoms with Crippen LogP contribution in [-0.4, -0.2) is 37.3 Å². The van der Waals surface area contributed by atoms with Crippen LogP contribution in [0.25, 0.3) is 5.69 Å². The lowest BCUT2D eigenvalue weighted by Gasteiger charge is -2.14. The second-order valence-corrected chi connectivity index (χ2v) is 3.96. The summed E-state index contributed by atoms with van der Waals surface area (Å²) in [6.07, 6.45) is 1.48. The molecule has 0 aliphatic heterocycles. The van der Waals surface area contributed by atoms with Gasteiger partial charge in [0.05, 0.1) is 5.69 Å². The minimum absolute atomic E-state index is 0.659. The quantitative estimate of drug-likeness (QED) is 0.832. The lowest BCUT2D eigenvalue weighted by Crippen LogP contribution is -2.25. The van der Waals surface area contributed by atoms with Gasteiger partial charge in [-0.3, -0.25) is 4.79 Å². The van der Waals surface area contributed by atoms with Gasteiger partial charge in [0.25, 0.3) is 0 Å². The summed E-state index contributed by atoms with van der Waals surface area (Å²) < 4.78 is 1.51. The standard InChI is InChI=1S/C11H13N5O2/c1-7-3-4-9(16-6-12-14-15-16)5-10(7)13-8(2)11(17)18/h3-6,8,13H,1-2H3,(H,17,18). The summed E-state index contributed by atoms with van der Waals surface area (Å²) in [5, 5.41) is 22.7. The Morgan fingerprint density at radius 1 is 1.50 bits per heavy atom. The van der Waals surface area contributed by atoms with Gasteiger partial charge in [-0.15, -0.1) is 5.10 Å². The molecule has 1 atom stereocenters. The summed E-state index contributed by atoms with van der Waals surface area (Å²) in [5.41, 5.74) is 2.48. The fraction of sp³-hybridized carbons (Fsp3) is 0.273. The molecule has 0 amide bonds. The third-order valence-corrected chi connectivity index (χ3v) is 2.58. The minimum Gasteiger partial charge on any atom is -0.480 e. The van der Waals surface area contributed by atoms with Crippen molar-refractivity contribution in [1.29, 1.82) is 0 Å². The van der Waals surface area contributed by atoms with Gasteiger partial charge in [-0.25, -0.2) is 4.68 Å². The van der Waals surface area contributed by atoms with Crippen LogP contribution in [0.4, 0.5) is 5.69 Å². The number of hydrogen-bond acceptors (Lipinski definition) is 5. The molecule has 0 aliphatic carbocycles. The summed E-state index contributed by atoms with van der Waals surface area (Å²) in [7, 11) is 0. The highest BCUT2D eigenvalue weighted by molar-refractivity contribution is 5.77. The van der Waals surface area contributed by atoms with Gasteiger partial charge in [-0.1, -0.05) is 6.07 Å². The van der Waals surface area contributed by atoms with Gasteiger partial charge in [0.15, 0.2) is 0 Å². The number of carboxylic acids is 1. The fourth-order valence-electron chi connectivity index (χ4n) is 1.48. The van der Waals surface area contributed by atoms with Gasteiger partial charge < -0.3 is 10.4 Å². The Labute approximate surface area is 103 Å². The summed E-state index contributed by atoms with van der Waals surface area (Å²) >= 11 is 0. The molecule has 0 radical (unpaired) electrons. The van der Waals surface area contributed by atoms with E-state index in [0.29, 0.717) is 0 Å². The maximum absolute atomic E-state index is 10.8. The molecule has 1 heterocycles. The Hall–Kier alpha value is -2.44. The van der Waals surface area contributed by atoms with E-state index >= 15 is 0 Å². The third kappa shape index (κ3) is 2.45. The average Bonchev–Trinajstić information content (AvgIpc) is 2.85. The monoisotopic (exact) mass is 247 g/mol.